The van der Waals surface area contributed by atoms with Crippen LogP contribution in [0.15, 0.2) is 15.6 Å². The maximum atomic E-state index is 11.3. The number of H-pyrrole nitrogens is 1. The Bertz CT molecular complexity index is 379. The third kappa shape index (κ3) is 3.61. The zero-order valence-electron chi connectivity index (χ0n) is 9.29. The molecule has 0 spiro atoms. The van der Waals surface area contributed by atoms with E-state index in [1.165, 1.54) is 6.33 Å². The van der Waals surface area contributed by atoms with Crippen LogP contribution in [0.25, 0.3) is 0 Å². The van der Waals surface area contributed by atoms with Crippen LogP contribution in [0, 0.1) is 0 Å². The Kier molecular flexibility index (Phi) is 5.48. The highest BCUT2D eigenvalue weighted by Crippen LogP contribution is 2.15. The molecule has 1 unspecified atom stereocenters. The number of halogens is 1. The van der Waals surface area contributed by atoms with Gasteiger partial charge < -0.3 is 16.0 Å². The van der Waals surface area contributed by atoms with Gasteiger partial charge in [0.25, 0.3) is 5.56 Å². The zero-order valence-corrected chi connectivity index (χ0v) is 10.9. The van der Waals surface area contributed by atoms with Gasteiger partial charge in [-0.15, -0.1) is 0 Å². The molecule has 0 aliphatic heterocycles. The molecule has 1 rings (SSSR count). The first-order valence-electron chi connectivity index (χ1n) is 5.38. The molecule has 0 bridgehead atoms. The van der Waals surface area contributed by atoms with Gasteiger partial charge in [-0.2, -0.15) is 0 Å². The SMILES string of the molecule is CCCCC(CN)Nc1nc[nH]c(=O)c1Br. The smallest absolute Gasteiger partial charge is 0.267 e. The molecule has 1 atom stereocenters. The van der Waals surface area contributed by atoms with Crippen molar-refractivity contribution in [3.8, 4) is 0 Å². The molecular weight excluding hydrogens is 272 g/mol. The third-order valence-electron chi connectivity index (χ3n) is 2.33. The second-order valence-electron chi connectivity index (χ2n) is 3.61. The van der Waals surface area contributed by atoms with Crippen molar-refractivity contribution in [2.45, 2.75) is 32.2 Å². The summed E-state index contributed by atoms with van der Waals surface area (Å²) < 4.78 is 0.421. The van der Waals surface area contributed by atoms with Crippen molar-refractivity contribution in [1.29, 1.82) is 0 Å². The summed E-state index contributed by atoms with van der Waals surface area (Å²) in [5.74, 6) is 0.551. The molecule has 0 amide bonds. The maximum Gasteiger partial charge on any atom is 0.267 e. The highest BCUT2D eigenvalue weighted by atomic mass is 79.9. The summed E-state index contributed by atoms with van der Waals surface area (Å²) in [5, 5.41) is 3.17. The number of hydrogen-bond acceptors (Lipinski definition) is 4. The molecular formula is C10H17BrN4O. The lowest BCUT2D eigenvalue weighted by Crippen LogP contribution is -2.30. The second-order valence-corrected chi connectivity index (χ2v) is 4.41. The minimum Gasteiger partial charge on any atom is -0.365 e. The number of aromatic amines is 1. The van der Waals surface area contributed by atoms with Gasteiger partial charge in [-0.25, -0.2) is 4.98 Å². The predicted molar refractivity (Wildman–Crippen MR) is 68.5 cm³/mol. The van der Waals surface area contributed by atoms with E-state index in [1.54, 1.807) is 0 Å². The monoisotopic (exact) mass is 288 g/mol. The van der Waals surface area contributed by atoms with Gasteiger partial charge in [0.05, 0.1) is 6.33 Å². The lowest BCUT2D eigenvalue weighted by molar-refractivity contribution is 0.611. The minimum atomic E-state index is -0.191. The van der Waals surface area contributed by atoms with Crippen LogP contribution in [0.3, 0.4) is 0 Å². The van der Waals surface area contributed by atoms with Crippen LogP contribution < -0.4 is 16.6 Å². The number of rotatable bonds is 6. The molecule has 0 aliphatic carbocycles. The molecule has 0 saturated heterocycles. The second kappa shape index (κ2) is 6.65. The number of nitrogens with zero attached hydrogens (tertiary/aromatic N) is 1. The number of aromatic nitrogens is 2. The van der Waals surface area contributed by atoms with Crippen molar-refractivity contribution in [3.63, 3.8) is 0 Å². The Morgan fingerprint density at radius 1 is 1.69 bits per heavy atom. The number of nitrogens with one attached hydrogen (secondary N) is 2. The average Bonchev–Trinajstić information content (AvgIpc) is 2.30. The Morgan fingerprint density at radius 2 is 2.44 bits per heavy atom. The molecule has 0 aliphatic rings. The number of hydrogen-bond donors (Lipinski definition) is 3. The molecule has 0 fully saturated rings. The first-order valence-corrected chi connectivity index (χ1v) is 6.18. The van der Waals surface area contributed by atoms with Crippen molar-refractivity contribution < 1.29 is 0 Å². The summed E-state index contributed by atoms with van der Waals surface area (Å²) in [5.41, 5.74) is 5.47. The molecule has 16 heavy (non-hydrogen) atoms. The Labute approximate surface area is 103 Å². The summed E-state index contributed by atoms with van der Waals surface area (Å²) in [7, 11) is 0. The van der Waals surface area contributed by atoms with Crippen LogP contribution >= 0.6 is 15.9 Å². The van der Waals surface area contributed by atoms with Crippen molar-refractivity contribution >= 4 is 21.7 Å². The molecule has 1 aromatic rings. The van der Waals surface area contributed by atoms with E-state index in [4.69, 9.17) is 5.73 Å². The van der Waals surface area contributed by atoms with Gasteiger partial charge in [0.1, 0.15) is 10.3 Å². The minimum absolute atomic E-state index is 0.158. The topological polar surface area (TPSA) is 83.8 Å². The first kappa shape index (κ1) is 13.2. The first-order chi connectivity index (χ1) is 7.69. The molecule has 1 aromatic heterocycles. The average molecular weight is 289 g/mol. The van der Waals surface area contributed by atoms with E-state index in [-0.39, 0.29) is 11.6 Å². The van der Waals surface area contributed by atoms with Crippen molar-refractivity contribution in [1.82, 2.24) is 9.97 Å². The van der Waals surface area contributed by atoms with Crippen LogP contribution in [0.2, 0.25) is 0 Å². The van der Waals surface area contributed by atoms with Crippen LogP contribution in [0.4, 0.5) is 5.82 Å². The fraction of sp³-hybridized carbons (Fsp3) is 0.600. The summed E-state index contributed by atoms with van der Waals surface area (Å²) in [6.07, 6.45) is 4.59. The Hall–Kier alpha value is -0.880. The van der Waals surface area contributed by atoms with Gasteiger partial charge in [-0.05, 0) is 22.4 Å². The Morgan fingerprint density at radius 3 is 3.06 bits per heavy atom. The third-order valence-corrected chi connectivity index (χ3v) is 3.06. The molecule has 0 saturated carbocycles. The molecule has 1 heterocycles. The van der Waals surface area contributed by atoms with Crippen LogP contribution in [-0.2, 0) is 0 Å². The molecule has 4 N–H and O–H groups in total. The molecule has 90 valence electrons. The normalized spacial score (nSPS) is 12.4. The van der Waals surface area contributed by atoms with Crippen LogP contribution in [0.1, 0.15) is 26.2 Å². The van der Waals surface area contributed by atoms with Gasteiger partial charge >= 0.3 is 0 Å². The summed E-state index contributed by atoms with van der Waals surface area (Å²) >= 11 is 3.20. The molecule has 6 heteroatoms. The summed E-state index contributed by atoms with van der Waals surface area (Å²) in [6.45, 7) is 2.66. The fourth-order valence-electron chi connectivity index (χ4n) is 1.38. The van der Waals surface area contributed by atoms with E-state index >= 15 is 0 Å². The van der Waals surface area contributed by atoms with E-state index in [0.717, 1.165) is 19.3 Å². The summed E-state index contributed by atoms with van der Waals surface area (Å²) in [4.78, 5) is 17.9. The van der Waals surface area contributed by atoms with Gasteiger partial charge in [0.15, 0.2) is 0 Å². The summed E-state index contributed by atoms with van der Waals surface area (Å²) in [6, 6.07) is 0.158. The van der Waals surface area contributed by atoms with E-state index in [1.807, 2.05) is 0 Å². The van der Waals surface area contributed by atoms with Gasteiger partial charge in [0, 0.05) is 12.6 Å². The standard InChI is InChI=1S/C10H17BrN4O/c1-2-3-4-7(5-12)15-9-8(11)10(16)14-6-13-9/h6-7H,2-5,12H2,1H3,(H2,13,14,15,16). The maximum absolute atomic E-state index is 11.3. The molecule has 0 radical (unpaired) electrons. The van der Waals surface area contributed by atoms with Crippen molar-refractivity contribution in [2.75, 3.05) is 11.9 Å². The van der Waals surface area contributed by atoms with Gasteiger partial charge in [-0.1, -0.05) is 19.8 Å². The highest BCUT2D eigenvalue weighted by molar-refractivity contribution is 9.10. The largest absolute Gasteiger partial charge is 0.365 e. The zero-order chi connectivity index (χ0) is 12.0. The number of nitrogens with two attached hydrogens (primary N) is 1. The fourth-order valence-corrected chi connectivity index (χ4v) is 1.71. The van der Waals surface area contributed by atoms with Crippen LogP contribution in [0.5, 0.6) is 0 Å². The number of anilines is 1. The highest BCUT2D eigenvalue weighted by Gasteiger charge is 2.10. The van der Waals surface area contributed by atoms with Crippen molar-refractivity contribution in [3.05, 3.63) is 21.2 Å². The lowest BCUT2D eigenvalue weighted by Gasteiger charge is -2.17. The van der Waals surface area contributed by atoms with E-state index in [0.29, 0.717) is 16.8 Å². The van der Waals surface area contributed by atoms with Gasteiger partial charge in [-0.3, -0.25) is 4.79 Å². The van der Waals surface area contributed by atoms with Gasteiger partial charge in [0.2, 0.25) is 0 Å². The Balaban J connectivity index is 2.70. The van der Waals surface area contributed by atoms with E-state index in [9.17, 15) is 4.79 Å². The molecule has 0 aromatic carbocycles. The van der Waals surface area contributed by atoms with Crippen LogP contribution in [-0.4, -0.2) is 22.6 Å². The lowest BCUT2D eigenvalue weighted by atomic mass is 10.1. The predicted octanol–water partition coefficient (Wildman–Crippen LogP) is 1.46. The van der Waals surface area contributed by atoms with E-state index in [2.05, 4.69) is 38.1 Å². The van der Waals surface area contributed by atoms with E-state index < -0.39 is 0 Å². The quantitative estimate of drug-likeness (QED) is 0.740. The van der Waals surface area contributed by atoms with Crippen molar-refractivity contribution in [2.24, 2.45) is 5.73 Å². The number of unbranched alkanes of at least 4 members (excludes halogenated alkanes) is 1. The molecule has 5 nitrogen and oxygen atoms in total.